The molecule has 0 heterocycles. The monoisotopic (exact) mass is 603 g/mol. The van der Waals surface area contributed by atoms with Gasteiger partial charge in [0.1, 0.15) is 24.2 Å². The summed E-state index contributed by atoms with van der Waals surface area (Å²) in [4.78, 5) is 29.0. The van der Waals surface area contributed by atoms with Crippen molar-refractivity contribution in [1.29, 1.82) is 0 Å². The number of hydrogen-bond acceptors (Lipinski definition) is 5. The summed E-state index contributed by atoms with van der Waals surface area (Å²) in [5.41, 5.74) is 1.56. The third kappa shape index (κ3) is 8.93. The van der Waals surface area contributed by atoms with Crippen LogP contribution in [-0.4, -0.2) is 57.1 Å². The standard InChI is InChI=1S/C30H35ClFN3O5S/c1-5-21(2)33-30(37)27(17-22-9-7-6-8-10-22)34(19-23-11-13-24(32)14-12-23)29(36)20-35(41(4,38)39)25-15-16-28(40-3)26(31)18-25/h6-16,18,21,27H,5,17,19-20H2,1-4H3,(H,33,37)/t21-,27-/m0/s1. The van der Waals surface area contributed by atoms with Gasteiger partial charge >= 0.3 is 0 Å². The molecule has 3 aromatic rings. The maximum Gasteiger partial charge on any atom is 0.244 e. The van der Waals surface area contributed by atoms with Crippen LogP contribution in [0.5, 0.6) is 5.75 Å². The Morgan fingerprint density at radius 1 is 1.02 bits per heavy atom. The number of amides is 2. The van der Waals surface area contributed by atoms with Gasteiger partial charge in [-0.2, -0.15) is 0 Å². The first-order valence-corrected chi connectivity index (χ1v) is 15.3. The second-order valence-electron chi connectivity index (χ2n) is 9.76. The van der Waals surface area contributed by atoms with Crippen molar-refractivity contribution in [2.45, 2.75) is 45.3 Å². The van der Waals surface area contributed by atoms with Crippen molar-refractivity contribution in [3.63, 3.8) is 0 Å². The number of carbonyl (C=O) groups is 2. The van der Waals surface area contributed by atoms with Gasteiger partial charge in [-0.1, -0.05) is 61.0 Å². The largest absolute Gasteiger partial charge is 0.495 e. The number of nitrogens with one attached hydrogen (secondary N) is 1. The van der Waals surface area contributed by atoms with Crippen molar-refractivity contribution in [2.24, 2.45) is 0 Å². The highest BCUT2D eigenvalue weighted by molar-refractivity contribution is 7.92. The quantitative estimate of drug-likeness (QED) is 0.303. The first kappa shape index (κ1) is 31.9. The SMILES string of the molecule is CC[C@H](C)NC(=O)[C@H](Cc1ccccc1)N(Cc1ccc(F)cc1)C(=O)CN(c1ccc(OC)c(Cl)c1)S(C)(=O)=O. The number of sulfonamides is 1. The predicted molar refractivity (Wildman–Crippen MR) is 159 cm³/mol. The zero-order valence-corrected chi connectivity index (χ0v) is 25.1. The molecule has 41 heavy (non-hydrogen) atoms. The molecule has 0 fully saturated rings. The summed E-state index contributed by atoms with van der Waals surface area (Å²) < 4.78 is 45.6. The second-order valence-corrected chi connectivity index (χ2v) is 12.1. The van der Waals surface area contributed by atoms with Crippen molar-refractivity contribution in [2.75, 3.05) is 24.2 Å². The molecule has 3 aromatic carbocycles. The smallest absolute Gasteiger partial charge is 0.244 e. The minimum atomic E-state index is -3.95. The molecule has 8 nitrogen and oxygen atoms in total. The van der Waals surface area contributed by atoms with E-state index in [1.165, 1.54) is 54.5 Å². The Morgan fingerprint density at radius 3 is 2.24 bits per heavy atom. The summed E-state index contributed by atoms with van der Waals surface area (Å²) in [6, 6.07) is 18.1. The zero-order chi connectivity index (χ0) is 30.2. The maximum absolute atomic E-state index is 14.1. The first-order chi connectivity index (χ1) is 19.4. The normalized spacial score (nSPS) is 12.7. The van der Waals surface area contributed by atoms with Crippen molar-refractivity contribution in [3.05, 3.63) is 94.8 Å². The number of anilines is 1. The average Bonchev–Trinajstić information content (AvgIpc) is 2.94. The molecule has 0 radical (unpaired) electrons. The van der Waals surface area contributed by atoms with Crippen LogP contribution >= 0.6 is 11.6 Å². The van der Waals surface area contributed by atoms with Crippen molar-refractivity contribution < 1.29 is 27.1 Å². The van der Waals surface area contributed by atoms with Gasteiger partial charge in [0.05, 0.1) is 24.1 Å². The predicted octanol–water partition coefficient (Wildman–Crippen LogP) is 4.81. The number of nitrogens with zero attached hydrogens (tertiary/aromatic N) is 2. The van der Waals surface area contributed by atoms with E-state index in [4.69, 9.17) is 16.3 Å². The third-order valence-corrected chi connectivity index (χ3v) is 8.08. The molecule has 0 unspecified atom stereocenters. The van der Waals surface area contributed by atoms with Crippen molar-refractivity contribution >= 4 is 39.1 Å². The van der Waals surface area contributed by atoms with Crippen LogP contribution < -0.4 is 14.4 Å². The Labute approximate surface area is 246 Å². The fourth-order valence-electron chi connectivity index (χ4n) is 4.21. The van der Waals surface area contributed by atoms with Gasteiger partial charge in [-0.15, -0.1) is 0 Å². The average molecular weight is 604 g/mol. The summed E-state index contributed by atoms with van der Waals surface area (Å²) in [5.74, 6) is -1.09. The van der Waals surface area contributed by atoms with Crippen LogP contribution in [0.15, 0.2) is 72.8 Å². The Bertz CT molecular complexity index is 1440. The zero-order valence-electron chi connectivity index (χ0n) is 23.5. The minimum Gasteiger partial charge on any atom is -0.495 e. The third-order valence-electron chi connectivity index (χ3n) is 6.64. The highest BCUT2D eigenvalue weighted by Gasteiger charge is 2.33. The Hall–Kier alpha value is -3.63. The van der Waals surface area contributed by atoms with E-state index in [0.29, 0.717) is 17.7 Å². The molecule has 0 saturated heterocycles. The van der Waals surface area contributed by atoms with E-state index in [1.54, 1.807) is 0 Å². The fourth-order valence-corrected chi connectivity index (χ4v) is 5.30. The molecule has 1 N–H and O–H groups in total. The van der Waals surface area contributed by atoms with Crippen LogP contribution in [0, 0.1) is 5.82 Å². The molecular formula is C30H35ClFN3O5S. The highest BCUT2D eigenvalue weighted by Crippen LogP contribution is 2.30. The van der Waals surface area contributed by atoms with Crippen molar-refractivity contribution in [3.8, 4) is 5.75 Å². The van der Waals surface area contributed by atoms with Gasteiger partial charge in [0.15, 0.2) is 0 Å². The maximum atomic E-state index is 14.1. The summed E-state index contributed by atoms with van der Waals surface area (Å²) in [5, 5.41) is 3.13. The molecule has 220 valence electrons. The molecule has 0 aliphatic rings. The Kier molecular flexibility index (Phi) is 11.1. The van der Waals surface area contributed by atoms with E-state index in [1.807, 2.05) is 44.2 Å². The van der Waals surface area contributed by atoms with Crippen molar-refractivity contribution in [1.82, 2.24) is 10.2 Å². The molecule has 0 spiro atoms. The van der Waals surface area contributed by atoms with Gasteiger partial charge in [-0.05, 0) is 54.8 Å². The minimum absolute atomic E-state index is 0.0501. The number of methoxy groups -OCH3 is 1. The molecule has 2 atom stereocenters. The summed E-state index contributed by atoms with van der Waals surface area (Å²) in [6.07, 6.45) is 1.85. The lowest BCUT2D eigenvalue weighted by Gasteiger charge is -2.34. The number of rotatable bonds is 13. The first-order valence-electron chi connectivity index (χ1n) is 13.1. The van der Waals surface area contributed by atoms with E-state index >= 15 is 0 Å². The molecular weight excluding hydrogens is 569 g/mol. The number of carbonyl (C=O) groups excluding carboxylic acids is 2. The molecule has 0 aliphatic heterocycles. The molecule has 3 rings (SSSR count). The molecule has 0 bridgehead atoms. The highest BCUT2D eigenvalue weighted by atomic mass is 35.5. The van der Waals surface area contributed by atoms with Crippen LogP contribution in [0.3, 0.4) is 0 Å². The van der Waals surface area contributed by atoms with Gasteiger partial charge in [0, 0.05) is 19.0 Å². The van der Waals surface area contributed by atoms with Gasteiger partial charge in [0.25, 0.3) is 0 Å². The molecule has 11 heteroatoms. The Balaban J connectivity index is 2.06. The summed E-state index contributed by atoms with van der Waals surface area (Å²) in [7, 11) is -2.52. The van der Waals surface area contributed by atoms with Gasteiger partial charge in [0.2, 0.25) is 21.8 Å². The number of halogens is 2. The molecule has 0 saturated carbocycles. The molecule has 2 amide bonds. The topological polar surface area (TPSA) is 96.0 Å². The second kappa shape index (κ2) is 14.3. The number of hydrogen-bond donors (Lipinski definition) is 1. The number of ether oxygens (including phenoxy) is 1. The molecule has 0 aromatic heterocycles. The fraction of sp³-hybridized carbons (Fsp3) is 0.333. The van der Waals surface area contributed by atoms with Gasteiger partial charge in [-0.25, -0.2) is 12.8 Å². The van der Waals surface area contributed by atoms with Crippen LogP contribution in [-0.2, 0) is 32.6 Å². The van der Waals surface area contributed by atoms with E-state index in [0.717, 1.165) is 16.1 Å². The van der Waals surface area contributed by atoms with E-state index in [-0.39, 0.29) is 35.6 Å². The van der Waals surface area contributed by atoms with Crippen LogP contribution in [0.25, 0.3) is 0 Å². The Morgan fingerprint density at radius 2 is 1.68 bits per heavy atom. The van der Waals surface area contributed by atoms with Crippen LogP contribution in [0.1, 0.15) is 31.4 Å². The van der Waals surface area contributed by atoms with Crippen LogP contribution in [0.2, 0.25) is 5.02 Å². The lowest BCUT2D eigenvalue weighted by Crippen LogP contribution is -2.54. The summed E-state index contributed by atoms with van der Waals surface area (Å²) >= 11 is 6.26. The molecule has 0 aliphatic carbocycles. The van der Waals surface area contributed by atoms with Gasteiger partial charge in [-0.3, -0.25) is 13.9 Å². The van der Waals surface area contributed by atoms with E-state index in [2.05, 4.69) is 5.32 Å². The van der Waals surface area contributed by atoms with E-state index < -0.39 is 34.3 Å². The lowest BCUT2D eigenvalue weighted by molar-refractivity contribution is -0.140. The van der Waals surface area contributed by atoms with Crippen LogP contribution in [0.4, 0.5) is 10.1 Å². The van der Waals surface area contributed by atoms with E-state index in [9.17, 15) is 22.4 Å². The lowest BCUT2D eigenvalue weighted by atomic mass is 10.0. The summed E-state index contributed by atoms with van der Waals surface area (Å²) in [6.45, 7) is 3.15. The van der Waals surface area contributed by atoms with Gasteiger partial charge < -0.3 is 15.0 Å². The number of benzene rings is 3.